The zero-order valence-corrected chi connectivity index (χ0v) is 18.2. The summed E-state index contributed by atoms with van der Waals surface area (Å²) in [4.78, 5) is 15.2. The van der Waals surface area contributed by atoms with E-state index in [0.29, 0.717) is 24.2 Å². The minimum atomic E-state index is -0.338. The van der Waals surface area contributed by atoms with Crippen molar-refractivity contribution in [3.8, 4) is 5.75 Å². The average Bonchev–Trinajstić information content (AvgIpc) is 3.25. The fourth-order valence-electron chi connectivity index (χ4n) is 3.94. The van der Waals surface area contributed by atoms with Crippen molar-refractivity contribution in [3.05, 3.63) is 101 Å². The summed E-state index contributed by atoms with van der Waals surface area (Å²) in [5.74, 6) is 0.272. The van der Waals surface area contributed by atoms with E-state index >= 15 is 0 Å². The Morgan fingerprint density at radius 2 is 1.75 bits per heavy atom. The van der Waals surface area contributed by atoms with Crippen molar-refractivity contribution in [2.45, 2.75) is 19.0 Å². The van der Waals surface area contributed by atoms with Gasteiger partial charge in [0.2, 0.25) is 0 Å². The number of ether oxygens (including phenoxy) is 1. The molecule has 5 nitrogen and oxygen atoms in total. The van der Waals surface area contributed by atoms with Crippen LogP contribution in [0, 0.1) is 5.82 Å². The van der Waals surface area contributed by atoms with Crippen molar-refractivity contribution in [2.24, 2.45) is 5.10 Å². The van der Waals surface area contributed by atoms with Crippen molar-refractivity contribution in [2.75, 3.05) is 20.7 Å². The summed E-state index contributed by atoms with van der Waals surface area (Å²) >= 11 is 0. The predicted molar refractivity (Wildman–Crippen MR) is 123 cm³/mol. The third-order valence-electron chi connectivity index (χ3n) is 5.55. The number of nitrogens with zero attached hydrogens (tertiary/aromatic N) is 3. The topological polar surface area (TPSA) is 45.1 Å². The molecular weight excluding hydrogens is 405 g/mol. The zero-order chi connectivity index (χ0) is 22.5. The molecule has 1 heterocycles. The van der Waals surface area contributed by atoms with E-state index in [4.69, 9.17) is 4.74 Å². The Labute approximate surface area is 187 Å². The van der Waals surface area contributed by atoms with Crippen LogP contribution in [0.5, 0.6) is 5.75 Å². The van der Waals surface area contributed by atoms with Gasteiger partial charge in [-0.1, -0.05) is 60.7 Å². The number of hydrogen-bond donors (Lipinski definition) is 0. The molecule has 1 aliphatic heterocycles. The maximum atomic E-state index is 14.4. The van der Waals surface area contributed by atoms with Crippen molar-refractivity contribution in [1.29, 1.82) is 0 Å². The summed E-state index contributed by atoms with van der Waals surface area (Å²) in [6, 6.07) is 23.8. The molecular formula is C26H26FN3O2. The predicted octanol–water partition coefficient (Wildman–Crippen LogP) is 4.64. The Morgan fingerprint density at radius 1 is 1.06 bits per heavy atom. The first-order valence-electron chi connectivity index (χ1n) is 10.6. The number of carbonyl (C=O) groups excluding carboxylic acids is 1. The van der Waals surface area contributed by atoms with E-state index in [2.05, 4.69) is 5.10 Å². The highest BCUT2D eigenvalue weighted by Crippen LogP contribution is 2.34. The van der Waals surface area contributed by atoms with Gasteiger partial charge in [0.1, 0.15) is 11.6 Å². The second-order valence-corrected chi connectivity index (χ2v) is 7.92. The molecule has 32 heavy (non-hydrogen) atoms. The quantitative estimate of drug-likeness (QED) is 0.547. The van der Waals surface area contributed by atoms with Gasteiger partial charge in [-0.05, 0) is 36.4 Å². The molecule has 4 rings (SSSR count). The van der Waals surface area contributed by atoms with E-state index in [1.807, 2.05) is 66.5 Å². The molecule has 0 saturated heterocycles. The Bertz CT molecular complexity index is 1100. The van der Waals surface area contributed by atoms with E-state index in [1.54, 1.807) is 25.3 Å². The average molecular weight is 432 g/mol. The van der Waals surface area contributed by atoms with Gasteiger partial charge in [0.15, 0.2) is 0 Å². The van der Waals surface area contributed by atoms with Crippen LogP contribution in [-0.4, -0.2) is 42.2 Å². The lowest BCUT2D eigenvalue weighted by Gasteiger charge is -2.25. The normalized spacial score (nSPS) is 15.7. The fourth-order valence-corrected chi connectivity index (χ4v) is 3.94. The van der Waals surface area contributed by atoms with Crippen LogP contribution in [-0.2, 0) is 11.3 Å². The molecule has 164 valence electrons. The van der Waals surface area contributed by atoms with Crippen LogP contribution in [0.4, 0.5) is 4.39 Å². The first-order chi connectivity index (χ1) is 15.5. The van der Waals surface area contributed by atoms with Crippen LogP contribution in [0.1, 0.15) is 29.2 Å². The first-order valence-corrected chi connectivity index (χ1v) is 10.6. The monoisotopic (exact) mass is 431 g/mol. The van der Waals surface area contributed by atoms with Crippen LogP contribution in [0.3, 0.4) is 0 Å². The highest BCUT2D eigenvalue weighted by Gasteiger charge is 2.34. The molecule has 0 N–H and O–H groups in total. The Balaban J connectivity index is 1.58. The minimum Gasteiger partial charge on any atom is -0.497 e. The number of rotatable bonds is 7. The molecule has 0 bridgehead atoms. The van der Waals surface area contributed by atoms with E-state index < -0.39 is 0 Å². The van der Waals surface area contributed by atoms with Crippen molar-refractivity contribution in [1.82, 2.24) is 9.91 Å². The number of methoxy groups -OCH3 is 1. The first kappa shape index (κ1) is 21.7. The van der Waals surface area contributed by atoms with Crippen LogP contribution < -0.4 is 4.74 Å². The Hall–Kier alpha value is -3.51. The highest BCUT2D eigenvalue weighted by atomic mass is 19.1. The lowest BCUT2D eigenvalue weighted by molar-refractivity contribution is -0.134. The smallest absolute Gasteiger partial charge is 0.257 e. The number of carbonyl (C=O) groups is 1. The third-order valence-corrected chi connectivity index (χ3v) is 5.55. The SMILES string of the molecule is COc1ccc([C@@H]2CC(c3ccccc3F)=NN2C(=O)CN(C)Cc2ccccc2)cc1. The molecule has 1 atom stereocenters. The van der Waals surface area contributed by atoms with Gasteiger partial charge in [-0.15, -0.1) is 0 Å². The third kappa shape index (κ3) is 4.86. The Morgan fingerprint density at radius 3 is 2.44 bits per heavy atom. The number of likely N-dealkylation sites (N-methyl/N-ethyl adjacent to an activating group) is 1. The largest absolute Gasteiger partial charge is 0.497 e. The van der Waals surface area contributed by atoms with E-state index in [1.165, 1.54) is 11.1 Å². The molecule has 0 aromatic heterocycles. The maximum Gasteiger partial charge on any atom is 0.257 e. The van der Waals surface area contributed by atoms with Gasteiger partial charge < -0.3 is 4.74 Å². The van der Waals surface area contributed by atoms with E-state index in [-0.39, 0.29) is 24.3 Å². The molecule has 0 saturated carbocycles. The Kier molecular flexibility index (Phi) is 6.61. The zero-order valence-electron chi connectivity index (χ0n) is 18.2. The summed E-state index contributed by atoms with van der Waals surface area (Å²) in [6.07, 6.45) is 0.446. The van der Waals surface area contributed by atoms with Crippen LogP contribution in [0.15, 0.2) is 84.0 Å². The number of halogens is 1. The molecule has 6 heteroatoms. The van der Waals surface area contributed by atoms with Gasteiger partial charge in [0.05, 0.1) is 25.4 Å². The molecule has 0 spiro atoms. The van der Waals surface area contributed by atoms with Crippen molar-refractivity contribution in [3.63, 3.8) is 0 Å². The second-order valence-electron chi connectivity index (χ2n) is 7.92. The van der Waals surface area contributed by atoms with Gasteiger partial charge in [-0.3, -0.25) is 9.69 Å². The van der Waals surface area contributed by atoms with Gasteiger partial charge in [0.25, 0.3) is 5.91 Å². The maximum absolute atomic E-state index is 14.4. The number of amides is 1. The fraction of sp³-hybridized carbons (Fsp3) is 0.231. The van der Waals surface area contributed by atoms with Crippen LogP contribution >= 0.6 is 0 Å². The molecule has 0 radical (unpaired) electrons. The van der Waals surface area contributed by atoms with Crippen molar-refractivity contribution < 1.29 is 13.9 Å². The second kappa shape index (κ2) is 9.75. The lowest BCUT2D eigenvalue weighted by Crippen LogP contribution is -2.36. The standard InChI is InChI=1S/C26H26FN3O2/c1-29(17-19-8-4-3-5-9-19)18-26(31)30-25(20-12-14-21(32-2)15-13-20)16-24(28-30)22-10-6-7-11-23(22)27/h3-15,25H,16-18H2,1-2H3/t25-/m0/s1. The summed E-state index contributed by atoms with van der Waals surface area (Å²) < 4.78 is 19.7. The molecule has 1 aliphatic rings. The minimum absolute atomic E-state index is 0.129. The number of benzene rings is 3. The molecule has 3 aromatic carbocycles. The van der Waals surface area contributed by atoms with Crippen LogP contribution in [0.25, 0.3) is 0 Å². The summed E-state index contributed by atoms with van der Waals surface area (Å²) in [6.45, 7) is 0.854. The molecule has 0 unspecified atom stereocenters. The molecule has 1 amide bonds. The molecule has 0 aliphatic carbocycles. The van der Waals surface area contributed by atoms with Gasteiger partial charge in [-0.2, -0.15) is 5.10 Å². The lowest BCUT2D eigenvalue weighted by atomic mass is 9.98. The molecule has 0 fully saturated rings. The van der Waals surface area contributed by atoms with Crippen LogP contribution in [0.2, 0.25) is 0 Å². The summed E-state index contributed by atoms with van der Waals surface area (Å²) in [5, 5.41) is 6.09. The highest BCUT2D eigenvalue weighted by molar-refractivity contribution is 6.03. The summed E-state index contributed by atoms with van der Waals surface area (Å²) in [7, 11) is 3.52. The summed E-state index contributed by atoms with van der Waals surface area (Å²) in [5.41, 5.74) is 3.06. The van der Waals surface area contributed by atoms with Gasteiger partial charge >= 0.3 is 0 Å². The number of hydrazone groups is 1. The van der Waals surface area contributed by atoms with Crippen molar-refractivity contribution >= 4 is 11.6 Å². The van der Waals surface area contributed by atoms with E-state index in [0.717, 1.165) is 16.9 Å². The number of hydrogen-bond acceptors (Lipinski definition) is 4. The van der Waals surface area contributed by atoms with E-state index in [9.17, 15) is 9.18 Å². The molecule has 3 aromatic rings. The van der Waals surface area contributed by atoms with Gasteiger partial charge in [-0.25, -0.2) is 9.40 Å². The van der Waals surface area contributed by atoms with Gasteiger partial charge in [0, 0.05) is 18.5 Å².